The zero-order valence-electron chi connectivity index (χ0n) is 16.9. The lowest BCUT2D eigenvalue weighted by molar-refractivity contribution is 0.373. The Hall–Kier alpha value is -3.32. The topological polar surface area (TPSA) is 62.4 Å². The van der Waals surface area contributed by atoms with Gasteiger partial charge in [0, 0.05) is 42.2 Å². The van der Waals surface area contributed by atoms with Crippen molar-refractivity contribution in [2.24, 2.45) is 4.99 Å². The van der Waals surface area contributed by atoms with Gasteiger partial charge in [0.1, 0.15) is 11.3 Å². The number of pyridine rings is 1. The Balaban J connectivity index is 1.83. The van der Waals surface area contributed by atoms with Gasteiger partial charge in [0.05, 0.1) is 7.11 Å². The molecule has 0 atom stereocenters. The molecule has 2 aromatic carbocycles. The van der Waals surface area contributed by atoms with Gasteiger partial charge in [0.2, 0.25) is 0 Å². The minimum atomic E-state index is 0.0822. The van der Waals surface area contributed by atoms with Gasteiger partial charge in [0.25, 0.3) is 0 Å². The van der Waals surface area contributed by atoms with Crippen LogP contribution in [0, 0.1) is 0 Å². The molecule has 0 saturated carbocycles. The molecule has 0 unspecified atom stereocenters. The van der Waals surface area contributed by atoms with E-state index in [2.05, 4.69) is 33.0 Å². The number of hydrogen-bond donors (Lipinski definition) is 1. The first-order valence-electron chi connectivity index (χ1n) is 9.32. The monoisotopic (exact) mass is 464 g/mol. The number of imidazole rings is 1. The maximum absolute atomic E-state index is 9.95. The predicted octanol–water partition coefficient (Wildman–Crippen LogP) is 5.29. The molecule has 0 fully saturated rings. The van der Waals surface area contributed by atoms with Crippen LogP contribution in [0.4, 0.5) is 11.5 Å². The summed E-state index contributed by atoms with van der Waals surface area (Å²) >= 11 is 3.52. The summed E-state index contributed by atoms with van der Waals surface area (Å²) in [6.45, 7) is 0. The number of benzene rings is 2. The molecule has 0 amide bonds. The van der Waals surface area contributed by atoms with Crippen molar-refractivity contribution in [3.63, 3.8) is 0 Å². The summed E-state index contributed by atoms with van der Waals surface area (Å²) in [5, 5.41) is 9.95. The molecule has 0 aliphatic rings. The number of nitrogens with zero attached hydrogens (tertiary/aromatic N) is 4. The van der Waals surface area contributed by atoms with E-state index in [1.807, 2.05) is 55.2 Å². The Morgan fingerprint density at radius 3 is 2.57 bits per heavy atom. The molecule has 7 heteroatoms. The zero-order valence-corrected chi connectivity index (χ0v) is 18.5. The predicted molar refractivity (Wildman–Crippen MR) is 125 cm³/mol. The Labute approximate surface area is 183 Å². The molecular weight excluding hydrogens is 444 g/mol. The molecule has 0 aliphatic heterocycles. The zero-order chi connectivity index (χ0) is 21.3. The number of ether oxygens (including phenoxy) is 1. The molecule has 0 spiro atoms. The molecule has 0 bridgehead atoms. The van der Waals surface area contributed by atoms with Gasteiger partial charge in [-0.2, -0.15) is 0 Å². The maximum atomic E-state index is 9.95. The van der Waals surface area contributed by atoms with Crippen LogP contribution in [-0.2, 0) is 0 Å². The number of hydrogen-bond acceptors (Lipinski definition) is 5. The van der Waals surface area contributed by atoms with E-state index in [0.717, 1.165) is 26.9 Å². The van der Waals surface area contributed by atoms with Crippen molar-refractivity contribution < 1.29 is 9.84 Å². The lowest BCUT2D eigenvalue weighted by Crippen LogP contribution is -2.08. The highest BCUT2D eigenvalue weighted by molar-refractivity contribution is 9.10. The number of fused-ring (bicyclic) bond motifs is 1. The average molecular weight is 465 g/mol. The quantitative estimate of drug-likeness (QED) is 0.407. The van der Waals surface area contributed by atoms with E-state index < -0.39 is 0 Å². The molecular formula is C23H21BrN4O2. The van der Waals surface area contributed by atoms with Crippen LogP contribution in [0.5, 0.6) is 11.5 Å². The van der Waals surface area contributed by atoms with Crippen LogP contribution < -0.4 is 9.64 Å². The van der Waals surface area contributed by atoms with E-state index in [4.69, 9.17) is 14.7 Å². The van der Waals surface area contributed by atoms with Crippen LogP contribution in [0.1, 0.15) is 5.56 Å². The van der Waals surface area contributed by atoms with E-state index in [-0.39, 0.29) is 5.75 Å². The van der Waals surface area contributed by atoms with Crippen LogP contribution in [-0.4, -0.2) is 41.9 Å². The summed E-state index contributed by atoms with van der Waals surface area (Å²) in [5.41, 5.74) is 4.39. The number of aromatic nitrogens is 2. The largest absolute Gasteiger partial charge is 0.504 e. The van der Waals surface area contributed by atoms with Crippen molar-refractivity contribution >= 4 is 39.3 Å². The number of aromatic hydroxyl groups is 1. The summed E-state index contributed by atoms with van der Waals surface area (Å²) in [6, 6.07) is 17.2. The van der Waals surface area contributed by atoms with E-state index in [0.29, 0.717) is 17.3 Å². The molecule has 0 saturated heterocycles. The highest BCUT2D eigenvalue weighted by atomic mass is 79.9. The third-order valence-electron chi connectivity index (χ3n) is 4.76. The van der Waals surface area contributed by atoms with Crippen molar-refractivity contribution in [1.82, 2.24) is 9.38 Å². The molecule has 0 aliphatic carbocycles. The minimum Gasteiger partial charge on any atom is -0.504 e. The third kappa shape index (κ3) is 3.89. The number of halogens is 1. The van der Waals surface area contributed by atoms with Gasteiger partial charge in [-0.25, -0.2) is 9.98 Å². The van der Waals surface area contributed by atoms with Crippen LogP contribution >= 0.6 is 15.9 Å². The van der Waals surface area contributed by atoms with E-state index >= 15 is 0 Å². The molecule has 1 N–H and O–H groups in total. The van der Waals surface area contributed by atoms with Gasteiger partial charge in [-0.15, -0.1) is 0 Å². The van der Waals surface area contributed by atoms with Crippen molar-refractivity contribution in [1.29, 1.82) is 0 Å². The van der Waals surface area contributed by atoms with Crippen molar-refractivity contribution in [2.45, 2.75) is 0 Å². The lowest BCUT2D eigenvalue weighted by atomic mass is 10.1. The highest BCUT2D eigenvalue weighted by Crippen LogP contribution is 2.36. The number of aliphatic imine (C=N–C) groups is 1. The summed E-state index contributed by atoms with van der Waals surface area (Å²) in [4.78, 5) is 11.6. The summed E-state index contributed by atoms with van der Waals surface area (Å²) in [6.07, 6.45) is 3.76. The molecule has 6 nitrogen and oxygen atoms in total. The summed E-state index contributed by atoms with van der Waals surface area (Å²) in [5.74, 6) is 1.16. The van der Waals surface area contributed by atoms with Crippen molar-refractivity contribution in [2.75, 3.05) is 26.1 Å². The average Bonchev–Trinajstić information content (AvgIpc) is 3.10. The SMILES string of the molecule is COc1cc(-c2nc3ccc(Br)cn3c2N=Cc2ccc(N(C)C)cc2)ccc1O. The van der Waals surface area contributed by atoms with Gasteiger partial charge >= 0.3 is 0 Å². The van der Waals surface area contributed by atoms with Crippen LogP contribution in [0.3, 0.4) is 0 Å². The normalized spacial score (nSPS) is 11.3. The first-order valence-corrected chi connectivity index (χ1v) is 10.1. The number of methoxy groups -OCH3 is 1. The lowest BCUT2D eigenvalue weighted by Gasteiger charge is -2.11. The maximum Gasteiger partial charge on any atom is 0.165 e. The molecule has 2 aromatic heterocycles. The van der Waals surface area contributed by atoms with Crippen LogP contribution in [0.15, 0.2) is 70.3 Å². The fraction of sp³-hybridized carbons (Fsp3) is 0.130. The van der Waals surface area contributed by atoms with Crippen LogP contribution in [0.2, 0.25) is 0 Å². The smallest absolute Gasteiger partial charge is 0.165 e. The fourth-order valence-corrected chi connectivity index (χ4v) is 3.48. The number of rotatable bonds is 5. The highest BCUT2D eigenvalue weighted by Gasteiger charge is 2.15. The Morgan fingerprint density at radius 1 is 1.10 bits per heavy atom. The van der Waals surface area contributed by atoms with Gasteiger partial charge < -0.3 is 14.7 Å². The standard InChI is InChI=1S/C23H21BrN4O2/c1-27(2)18-8-4-15(5-9-18)13-25-23-22(16-6-10-19(29)20(12-16)30-3)26-21-11-7-17(24)14-28(21)23/h4-14,29H,1-3H3. The van der Waals surface area contributed by atoms with Gasteiger partial charge in [-0.3, -0.25) is 4.40 Å². The van der Waals surface area contributed by atoms with Gasteiger partial charge in [0.15, 0.2) is 17.3 Å². The molecule has 152 valence electrons. The Bertz CT molecular complexity index is 1230. The Morgan fingerprint density at radius 2 is 1.87 bits per heavy atom. The Kier molecular flexibility index (Phi) is 5.46. The second kappa shape index (κ2) is 8.20. The third-order valence-corrected chi connectivity index (χ3v) is 5.22. The number of phenolic OH excluding ortho intramolecular Hbond substituents is 1. The van der Waals surface area contributed by atoms with Crippen molar-refractivity contribution in [3.05, 3.63) is 70.8 Å². The molecule has 30 heavy (non-hydrogen) atoms. The first-order chi connectivity index (χ1) is 14.5. The number of anilines is 1. The van der Waals surface area contributed by atoms with Crippen molar-refractivity contribution in [3.8, 4) is 22.8 Å². The van der Waals surface area contributed by atoms with E-state index in [1.165, 1.54) is 7.11 Å². The number of phenols is 1. The minimum absolute atomic E-state index is 0.0822. The molecule has 4 rings (SSSR count). The van der Waals surface area contributed by atoms with E-state index in [1.54, 1.807) is 18.2 Å². The molecule has 0 radical (unpaired) electrons. The van der Waals surface area contributed by atoms with Gasteiger partial charge in [-0.05, 0) is 64.0 Å². The summed E-state index contributed by atoms with van der Waals surface area (Å²) < 4.78 is 8.12. The van der Waals surface area contributed by atoms with Crippen LogP contribution in [0.25, 0.3) is 16.9 Å². The summed E-state index contributed by atoms with van der Waals surface area (Å²) in [7, 11) is 5.55. The molecule has 4 aromatic rings. The first kappa shape index (κ1) is 20.0. The van der Waals surface area contributed by atoms with Gasteiger partial charge in [-0.1, -0.05) is 12.1 Å². The van der Waals surface area contributed by atoms with E-state index in [9.17, 15) is 5.11 Å². The fourth-order valence-electron chi connectivity index (χ4n) is 3.14. The second-order valence-corrected chi connectivity index (χ2v) is 7.91. The second-order valence-electron chi connectivity index (χ2n) is 6.99. The molecule has 2 heterocycles.